The molecule has 2 saturated heterocycles. The van der Waals surface area contributed by atoms with Gasteiger partial charge in [-0.25, -0.2) is 4.39 Å². The van der Waals surface area contributed by atoms with Crippen LogP contribution in [0.15, 0.2) is 48.5 Å². The molecule has 4 nitrogen and oxygen atoms in total. The first-order valence-corrected chi connectivity index (χ1v) is 10.4. The summed E-state index contributed by atoms with van der Waals surface area (Å²) < 4.78 is 13.4. The van der Waals surface area contributed by atoms with E-state index >= 15 is 0 Å². The number of hydrogen-bond acceptors (Lipinski definition) is 2. The quantitative estimate of drug-likeness (QED) is 0.773. The topological polar surface area (TPSA) is 40.6 Å². The van der Waals surface area contributed by atoms with Crippen LogP contribution in [0.5, 0.6) is 0 Å². The molecule has 0 radical (unpaired) electrons. The van der Waals surface area contributed by atoms with Crippen LogP contribution in [0.2, 0.25) is 0 Å². The highest BCUT2D eigenvalue weighted by molar-refractivity contribution is 5.95. The zero-order chi connectivity index (χ0) is 20.4. The molecule has 0 unspecified atom stereocenters. The van der Waals surface area contributed by atoms with Crippen LogP contribution in [0.25, 0.3) is 0 Å². The molecule has 5 heteroatoms. The standard InChI is InChI=1S/C24H27FN2O2/c1-26(23(28)21-3-2-4-22(25)13-21)14-17-9-11-20(12-10-17)24(29)27-15-18-5-6-19(16-27)8-7-18/h2-4,9-13,18-19H,5-8,14-16H2,1H3. The number of rotatable bonds is 4. The number of amides is 2. The lowest BCUT2D eigenvalue weighted by Crippen LogP contribution is -2.34. The fourth-order valence-electron chi connectivity index (χ4n) is 4.58. The third-order valence-electron chi connectivity index (χ3n) is 6.25. The molecule has 29 heavy (non-hydrogen) atoms. The maximum atomic E-state index is 13.4. The van der Waals surface area contributed by atoms with Crippen molar-refractivity contribution in [3.05, 3.63) is 71.0 Å². The molecular formula is C24H27FN2O2. The second kappa shape index (κ2) is 8.36. The van der Waals surface area contributed by atoms with Crippen LogP contribution in [0, 0.1) is 17.7 Å². The van der Waals surface area contributed by atoms with Gasteiger partial charge in [0.25, 0.3) is 11.8 Å². The van der Waals surface area contributed by atoms with Gasteiger partial charge in [0.1, 0.15) is 5.82 Å². The molecule has 3 aliphatic rings. The Hall–Kier alpha value is -2.69. The summed E-state index contributed by atoms with van der Waals surface area (Å²) in [5.74, 6) is 0.761. The van der Waals surface area contributed by atoms with Crippen LogP contribution in [0.3, 0.4) is 0 Å². The lowest BCUT2D eigenvalue weighted by molar-refractivity contribution is 0.0737. The molecular weight excluding hydrogens is 367 g/mol. The van der Waals surface area contributed by atoms with E-state index in [1.807, 2.05) is 29.2 Å². The zero-order valence-corrected chi connectivity index (χ0v) is 16.8. The summed E-state index contributed by atoms with van der Waals surface area (Å²) in [6, 6.07) is 13.2. The van der Waals surface area contributed by atoms with Crippen molar-refractivity contribution in [1.82, 2.24) is 9.80 Å². The zero-order valence-electron chi connectivity index (χ0n) is 16.8. The molecule has 0 atom stereocenters. The van der Waals surface area contributed by atoms with Gasteiger partial charge in [-0.1, -0.05) is 18.2 Å². The van der Waals surface area contributed by atoms with Gasteiger partial charge in [-0.3, -0.25) is 9.59 Å². The Morgan fingerprint density at radius 1 is 0.966 bits per heavy atom. The summed E-state index contributed by atoms with van der Waals surface area (Å²) >= 11 is 0. The normalized spacial score (nSPS) is 21.0. The first-order chi connectivity index (χ1) is 14.0. The Morgan fingerprint density at radius 3 is 2.17 bits per heavy atom. The van der Waals surface area contributed by atoms with E-state index in [-0.39, 0.29) is 11.8 Å². The Kier molecular flexibility index (Phi) is 5.65. The summed E-state index contributed by atoms with van der Waals surface area (Å²) in [5, 5.41) is 0. The first kappa shape index (κ1) is 19.6. The maximum Gasteiger partial charge on any atom is 0.253 e. The molecule has 1 aliphatic carbocycles. The second-order valence-corrected chi connectivity index (χ2v) is 8.47. The third kappa shape index (κ3) is 4.50. The van der Waals surface area contributed by atoms with E-state index in [0.717, 1.165) is 18.7 Å². The molecule has 152 valence electrons. The van der Waals surface area contributed by atoms with Crippen molar-refractivity contribution in [1.29, 1.82) is 0 Å². The summed E-state index contributed by atoms with van der Waals surface area (Å²) in [6.45, 7) is 2.15. The second-order valence-electron chi connectivity index (χ2n) is 8.47. The molecule has 2 amide bonds. The third-order valence-corrected chi connectivity index (χ3v) is 6.25. The van der Waals surface area contributed by atoms with E-state index < -0.39 is 5.82 Å². The lowest BCUT2D eigenvalue weighted by Gasteiger charge is -2.23. The Balaban J connectivity index is 1.40. The van der Waals surface area contributed by atoms with Gasteiger partial charge in [-0.15, -0.1) is 0 Å². The van der Waals surface area contributed by atoms with Crippen molar-refractivity contribution in [2.24, 2.45) is 11.8 Å². The highest BCUT2D eigenvalue weighted by Crippen LogP contribution is 2.34. The molecule has 2 bridgehead atoms. The van der Waals surface area contributed by atoms with Gasteiger partial charge in [0.05, 0.1) is 0 Å². The Labute approximate surface area is 171 Å². The van der Waals surface area contributed by atoms with Crippen LogP contribution in [-0.4, -0.2) is 41.8 Å². The Bertz CT molecular complexity index is 874. The largest absolute Gasteiger partial charge is 0.338 e. The van der Waals surface area contributed by atoms with Crippen molar-refractivity contribution >= 4 is 11.8 Å². The van der Waals surface area contributed by atoms with Crippen LogP contribution < -0.4 is 0 Å². The average Bonchev–Trinajstić information content (AvgIpc) is 3.07. The van der Waals surface area contributed by atoms with Gasteiger partial charge < -0.3 is 9.80 Å². The smallest absolute Gasteiger partial charge is 0.253 e. The van der Waals surface area contributed by atoms with Crippen molar-refractivity contribution < 1.29 is 14.0 Å². The number of halogens is 1. The monoisotopic (exact) mass is 394 g/mol. The molecule has 0 N–H and O–H groups in total. The minimum atomic E-state index is -0.422. The van der Waals surface area contributed by atoms with E-state index in [1.54, 1.807) is 18.0 Å². The van der Waals surface area contributed by atoms with Gasteiger partial charge in [-0.2, -0.15) is 0 Å². The number of hydrogen-bond donors (Lipinski definition) is 0. The number of benzene rings is 2. The fraction of sp³-hybridized carbons (Fsp3) is 0.417. The summed E-state index contributed by atoms with van der Waals surface area (Å²) in [4.78, 5) is 29.0. The van der Waals surface area contributed by atoms with Crippen LogP contribution in [0.4, 0.5) is 4.39 Å². The first-order valence-electron chi connectivity index (χ1n) is 10.4. The molecule has 5 rings (SSSR count). The lowest BCUT2D eigenvalue weighted by atomic mass is 9.84. The van der Waals surface area contributed by atoms with Crippen LogP contribution >= 0.6 is 0 Å². The van der Waals surface area contributed by atoms with Crippen molar-refractivity contribution in [2.45, 2.75) is 32.2 Å². The summed E-state index contributed by atoms with van der Waals surface area (Å²) in [6.07, 6.45) is 5.00. The van der Waals surface area contributed by atoms with E-state index in [0.29, 0.717) is 29.5 Å². The molecule has 2 aromatic carbocycles. The van der Waals surface area contributed by atoms with Gasteiger partial charge in [0.15, 0.2) is 0 Å². The fourth-order valence-corrected chi connectivity index (χ4v) is 4.58. The molecule has 2 aromatic rings. The molecule has 2 heterocycles. The number of carbonyl (C=O) groups excluding carboxylic acids is 2. The molecule has 3 fully saturated rings. The van der Waals surface area contributed by atoms with Crippen LogP contribution in [0.1, 0.15) is 52.0 Å². The highest BCUT2D eigenvalue weighted by Gasteiger charge is 2.31. The predicted molar refractivity (Wildman–Crippen MR) is 110 cm³/mol. The number of fused-ring (bicyclic) bond motifs is 4. The van der Waals surface area contributed by atoms with Gasteiger partial charge >= 0.3 is 0 Å². The predicted octanol–water partition coefficient (Wildman–Crippen LogP) is 4.36. The number of nitrogens with zero attached hydrogens (tertiary/aromatic N) is 2. The van der Waals surface area contributed by atoms with E-state index in [9.17, 15) is 14.0 Å². The number of carbonyl (C=O) groups is 2. The van der Waals surface area contributed by atoms with E-state index in [4.69, 9.17) is 0 Å². The maximum absolute atomic E-state index is 13.4. The van der Waals surface area contributed by atoms with Crippen molar-refractivity contribution in [3.63, 3.8) is 0 Å². The molecule has 2 aliphatic heterocycles. The molecule has 1 saturated carbocycles. The van der Waals surface area contributed by atoms with Crippen molar-refractivity contribution in [2.75, 3.05) is 20.1 Å². The average molecular weight is 394 g/mol. The molecule has 0 aromatic heterocycles. The highest BCUT2D eigenvalue weighted by atomic mass is 19.1. The minimum Gasteiger partial charge on any atom is -0.338 e. The molecule has 0 spiro atoms. The van der Waals surface area contributed by atoms with Crippen LogP contribution in [-0.2, 0) is 6.54 Å². The summed E-state index contributed by atoms with van der Waals surface area (Å²) in [5.41, 5.74) is 1.97. The van der Waals surface area contributed by atoms with Gasteiger partial charge in [0, 0.05) is 37.8 Å². The van der Waals surface area contributed by atoms with Gasteiger partial charge in [-0.05, 0) is 73.4 Å². The SMILES string of the molecule is CN(Cc1ccc(C(=O)N2CC3CCC(CC3)C2)cc1)C(=O)c1cccc(F)c1. The van der Waals surface area contributed by atoms with E-state index in [2.05, 4.69) is 0 Å². The van der Waals surface area contributed by atoms with Gasteiger partial charge in [0.2, 0.25) is 0 Å². The summed E-state index contributed by atoms with van der Waals surface area (Å²) in [7, 11) is 1.69. The Morgan fingerprint density at radius 2 is 1.59 bits per heavy atom. The van der Waals surface area contributed by atoms with Crippen molar-refractivity contribution in [3.8, 4) is 0 Å². The minimum absolute atomic E-state index is 0.111. The van der Waals surface area contributed by atoms with E-state index in [1.165, 1.54) is 43.9 Å².